The SMILES string of the molecule is COc1ccc2nc(NC(=O)CSc3nnc(-c4ccccc4OC)n3C)sc2c1. The lowest BCUT2D eigenvalue weighted by atomic mass is 10.2. The predicted molar refractivity (Wildman–Crippen MR) is 119 cm³/mol. The number of methoxy groups -OCH3 is 2. The average molecular weight is 442 g/mol. The maximum Gasteiger partial charge on any atom is 0.236 e. The molecule has 0 saturated carbocycles. The molecule has 2 aromatic heterocycles. The number of nitrogens with one attached hydrogen (secondary N) is 1. The molecule has 10 heteroatoms. The lowest BCUT2D eigenvalue weighted by Crippen LogP contribution is -2.14. The van der Waals surface area contributed by atoms with Gasteiger partial charge in [0.1, 0.15) is 11.5 Å². The number of aromatic nitrogens is 4. The van der Waals surface area contributed by atoms with Gasteiger partial charge in [0, 0.05) is 7.05 Å². The molecule has 1 amide bonds. The number of thiazole rings is 1. The summed E-state index contributed by atoms with van der Waals surface area (Å²) in [5, 5.41) is 12.5. The third-order valence-electron chi connectivity index (χ3n) is 4.36. The van der Waals surface area contributed by atoms with Crippen molar-refractivity contribution in [1.82, 2.24) is 19.7 Å². The second-order valence-electron chi connectivity index (χ2n) is 6.26. The lowest BCUT2D eigenvalue weighted by Gasteiger charge is -2.08. The van der Waals surface area contributed by atoms with Crippen LogP contribution in [0.25, 0.3) is 21.6 Å². The molecule has 0 unspecified atom stereocenters. The summed E-state index contributed by atoms with van der Waals surface area (Å²) in [6, 6.07) is 13.2. The highest BCUT2D eigenvalue weighted by Crippen LogP contribution is 2.31. The van der Waals surface area contributed by atoms with Crippen LogP contribution in [-0.2, 0) is 11.8 Å². The van der Waals surface area contributed by atoms with Crippen LogP contribution in [0.15, 0.2) is 47.6 Å². The van der Waals surface area contributed by atoms with E-state index >= 15 is 0 Å². The number of hydrogen-bond acceptors (Lipinski definition) is 8. The summed E-state index contributed by atoms with van der Waals surface area (Å²) in [6.45, 7) is 0. The molecule has 0 radical (unpaired) electrons. The maximum atomic E-state index is 12.4. The highest BCUT2D eigenvalue weighted by molar-refractivity contribution is 7.99. The number of anilines is 1. The fraction of sp³-hybridized carbons (Fsp3) is 0.200. The van der Waals surface area contributed by atoms with Crippen LogP contribution < -0.4 is 14.8 Å². The second kappa shape index (κ2) is 8.72. The number of para-hydroxylation sites is 1. The molecule has 0 aliphatic carbocycles. The standard InChI is InChI=1S/C20H19N5O3S2/c1-25-18(13-6-4-5-7-15(13)28-3)23-24-20(25)29-11-17(26)22-19-21-14-9-8-12(27-2)10-16(14)30-19/h4-10H,11H2,1-3H3,(H,21,22,26). The lowest BCUT2D eigenvalue weighted by molar-refractivity contribution is -0.113. The minimum atomic E-state index is -0.159. The summed E-state index contributed by atoms with van der Waals surface area (Å²) in [6.07, 6.45) is 0. The van der Waals surface area contributed by atoms with Crippen molar-refractivity contribution in [3.05, 3.63) is 42.5 Å². The zero-order valence-corrected chi connectivity index (χ0v) is 18.2. The van der Waals surface area contributed by atoms with Crippen molar-refractivity contribution in [3.63, 3.8) is 0 Å². The number of hydrogen-bond donors (Lipinski definition) is 1. The van der Waals surface area contributed by atoms with Gasteiger partial charge in [0.25, 0.3) is 0 Å². The van der Waals surface area contributed by atoms with E-state index < -0.39 is 0 Å². The largest absolute Gasteiger partial charge is 0.497 e. The van der Waals surface area contributed by atoms with E-state index in [9.17, 15) is 4.79 Å². The van der Waals surface area contributed by atoms with Crippen molar-refractivity contribution in [2.24, 2.45) is 7.05 Å². The van der Waals surface area contributed by atoms with Gasteiger partial charge < -0.3 is 19.4 Å². The van der Waals surface area contributed by atoms with Crippen molar-refractivity contribution >= 4 is 44.4 Å². The first-order valence-corrected chi connectivity index (χ1v) is 10.8. The van der Waals surface area contributed by atoms with E-state index in [4.69, 9.17) is 9.47 Å². The van der Waals surface area contributed by atoms with E-state index in [0.29, 0.717) is 16.1 Å². The average Bonchev–Trinajstić information content (AvgIpc) is 3.33. The van der Waals surface area contributed by atoms with Gasteiger partial charge in [-0.15, -0.1) is 10.2 Å². The Labute approximate surface area is 181 Å². The van der Waals surface area contributed by atoms with Crippen LogP contribution in [0.2, 0.25) is 0 Å². The molecule has 154 valence electrons. The van der Waals surface area contributed by atoms with Crippen LogP contribution in [0.4, 0.5) is 5.13 Å². The Hall–Kier alpha value is -3.11. The molecule has 0 bridgehead atoms. The summed E-state index contributed by atoms with van der Waals surface area (Å²) in [7, 11) is 5.10. The number of amides is 1. The van der Waals surface area contributed by atoms with Crippen LogP contribution in [0.1, 0.15) is 0 Å². The van der Waals surface area contributed by atoms with Crippen LogP contribution in [0.5, 0.6) is 11.5 Å². The number of ether oxygens (including phenoxy) is 2. The molecule has 0 aliphatic rings. The van der Waals surface area contributed by atoms with Crippen molar-refractivity contribution in [3.8, 4) is 22.9 Å². The Balaban J connectivity index is 1.43. The van der Waals surface area contributed by atoms with Crippen LogP contribution in [0, 0.1) is 0 Å². The first-order chi connectivity index (χ1) is 14.6. The minimum absolute atomic E-state index is 0.159. The molecule has 0 aliphatic heterocycles. The van der Waals surface area contributed by atoms with Gasteiger partial charge in [-0.2, -0.15) is 0 Å². The Morgan fingerprint density at radius 1 is 1.17 bits per heavy atom. The van der Waals surface area contributed by atoms with Gasteiger partial charge >= 0.3 is 0 Å². The van der Waals surface area contributed by atoms with E-state index in [1.165, 1.54) is 23.1 Å². The van der Waals surface area contributed by atoms with Gasteiger partial charge in [-0.05, 0) is 30.3 Å². The molecular formula is C20H19N5O3S2. The third kappa shape index (κ3) is 4.10. The Bertz CT molecular complexity index is 1200. The summed E-state index contributed by atoms with van der Waals surface area (Å²) in [5.74, 6) is 2.18. The van der Waals surface area contributed by atoms with Gasteiger partial charge in [0.15, 0.2) is 16.1 Å². The van der Waals surface area contributed by atoms with Crippen LogP contribution in [0.3, 0.4) is 0 Å². The van der Waals surface area contributed by atoms with Crippen LogP contribution >= 0.6 is 23.1 Å². The van der Waals surface area contributed by atoms with Gasteiger partial charge in [-0.3, -0.25) is 4.79 Å². The fourth-order valence-electron chi connectivity index (χ4n) is 2.88. The van der Waals surface area contributed by atoms with E-state index in [1.54, 1.807) is 14.2 Å². The topological polar surface area (TPSA) is 91.2 Å². The Kier molecular flexibility index (Phi) is 5.86. The smallest absolute Gasteiger partial charge is 0.236 e. The van der Waals surface area contributed by atoms with Gasteiger partial charge in [-0.1, -0.05) is 35.2 Å². The molecule has 30 heavy (non-hydrogen) atoms. The summed E-state index contributed by atoms with van der Waals surface area (Å²) in [5.41, 5.74) is 1.66. The monoisotopic (exact) mass is 441 g/mol. The normalized spacial score (nSPS) is 10.9. The van der Waals surface area contributed by atoms with Crippen molar-refractivity contribution < 1.29 is 14.3 Å². The van der Waals surface area contributed by atoms with E-state index in [-0.39, 0.29) is 11.7 Å². The molecule has 4 aromatic rings. The molecular weight excluding hydrogens is 422 g/mol. The minimum Gasteiger partial charge on any atom is -0.497 e. The van der Waals surface area contributed by atoms with Crippen molar-refractivity contribution in [2.75, 3.05) is 25.3 Å². The molecule has 0 fully saturated rings. The van der Waals surface area contributed by atoms with E-state index in [1.807, 2.05) is 54.1 Å². The molecule has 8 nitrogen and oxygen atoms in total. The van der Waals surface area contributed by atoms with Gasteiger partial charge in [0.2, 0.25) is 5.91 Å². The zero-order chi connectivity index (χ0) is 21.1. The molecule has 0 spiro atoms. The van der Waals surface area contributed by atoms with Crippen molar-refractivity contribution in [1.29, 1.82) is 0 Å². The van der Waals surface area contributed by atoms with Gasteiger partial charge in [0.05, 0.1) is 35.8 Å². The number of benzene rings is 2. The highest BCUT2D eigenvalue weighted by atomic mass is 32.2. The molecule has 2 heterocycles. The Morgan fingerprint density at radius 2 is 2.00 bits per heavy atom. The molecule has 0 saturated heterocycles. The number of carbonyl (C=O) groups excluding carboxylic acids is 1. The zero-order valence-electron chi connectivity index (χ0n) is 16.6. The Morgan fingerprint density at radius 3 is 2.80 bits per heavy atom. The summed E-state index contributed by atoms with van der Waals surface area (Å²) >= 11 is 2.72. The summed E-state index contributed by atoms with van der Waals surface area (Å²) in [4.78, 5) is 16.8. The van der Waals surface area contributed by atoms with Crippen molar-refractivity contribution in [2.45, 2.75) is 5.16 Å². The molecule has 1 N–H and O–H groups in total. The maximum absolute atomic E-state index is 12.4. The number of thioether (sulfide) groups is 1. The first kappa shape index (κ1) is 20.2. The molecule has 2 aromatic carbocycles. The highest BCUT2D eigenvalue weighted by Gasteiger charge is 2.16. The first-order valence-electron chi connectivity index (χ1n) is 8.99. The fourth-order valence-corrected chi connectivity index (χ4v) is 4.50. The number of nitrogens with zero attached hydrogens (tertiary/aromatic N) is 4. The number of fused-ring (bicyclic) bond motifs is 1. The number of rotatable bonds is 7. The quantitative estimate of drug-likeness (QED) is 0.436. The number of carbonyl (C=O) groups is 1. The van der Waals surface area contributed by atoms with E-state index in [0.717, 1.165) is 27.3 Å². The van der Waals surface area contributed by atoms with E-state index in [2.05, 4.69) is 20.5 Å². The third-order valence-corrected chi connectivity index (χ3v) is 6.31. The molecule has 0 atom stereocenters. The predicted octanol–water partition coefficient (Wildman–Crippen LogP) is 3.84. The second-order valence-corrected chi connectivity index (χ2v) is 8.23. The van der Waals surface area contributed by atoms with Crippen LogP contribution in [-0.4, -0.2) is 45.6 Å². The summed E-state index contributed by atoms with van der Waals surface area (Å²) < 4.78 is 13.4. The van der Waals surface area contributed by atoms with Gasteiger partial charge in [-0.25, -0.2) is 4.98 Å². The molecule has 4 rings (SSSR count).